The number of hydrogen-bond donors (Lipinski definition) is 2. The Hall–Kier alpha value is -0.830. The van der Waals surface area contributed by atoms with Crippen LogP contribution in [0.4, 0.5) is 5.69 Å². The van der Waals surface area contributed by atoms with Crippen molar-refractivity contribution in [3.8, 4) is 0 Å². The van der Waals surface area contributed by atoms with E-state index in [4.69, 9.17) is 0 Å². The second-order valence-electron chi connectivity index (χ2n) is 4.34. The third-order valence-electron chi connectivity index (χ3n) is 2.95. The molecule has 1 heterocycles. The van der Waals surface area contributed by atoms with Gasteiger partial charge in [0.15, 0.2) is 0 Å². The van der Waals surface area contributed by atoms with Crippen LogP contribution in [0, 0.1) is 0 Å². The highest BCUT2D eigenvalue weighted by molar-refractivity contribution is 9.11. The van der Waals surface area contributed by atoms with Gasteiger partial charge in [0, 0.05) is 27.4 Å². The second kappa shape index (κ2) is 6.51. The van der Waals surface area contributed by atoms with Crippen LogP contribution in [0.2, 0.25) is 0 Å². The Bertz CT molecular complexity index is 735. The van der Waals surface area contributed by atoms with Crippen LogP contribution < -0.4 is 4.72 Å². The van der Waals surface area contributed by atoms with Gasteiger partial charge >= 0.3 is 0 Å². The molecule has 114 valence electrons. The Kier molecular flexibility index (Phi) is 5.13. The third kappa shape index (κ3) is 3.68. The molecule has 1 aromatic carbocycles. The predicted octanol–water partition coefficient (Wildman–Crippen LogP) is 3.33. The summed E-state index contributed by atoms with van der Waals surface area (Å²) in [5, 5.41) is 9.24. The lowest BCUT2D eigenvalue weighted by atomic mass is 10.3. The number of anilines is 1. The van der Waals surface area contributed by atoms with Crippen LogP contribution in [-0.2, 0) is 23.2 Å². The van der Waals surface area contributed by atoms with Crippen molar-refractivity contribution in [2.24, 2.45) is 0 Å². The lowest BCUT2D eigenvalue weighted by Crippen LogP contribution is -2.12. The third-order valence-corrected chi connectivity index (χ3v) is 5.43. The minimum atomic E-state index is -3.70. The van der Waals surface area contributed by atoms with Gasteiger partial charge in [0.05, 0.1) is 12.3 Å². The van der Waals surface area contributed by atoms with E-state index in [9.17, 15) is 13.5 Å². The first-order valence-corrected chi connectivity index (χ1v) is 9.22. The number of benzene rings is 1. The van der Waals surface area contributed by atoms with Crippen LogP contribution in [0.1, 0.15) is 12.6 Å². The minimum absolute atomic E-state index is 0.128. The topological polar surface area (TPSA) is 71.3 Å². The molecule has 0 aliphatic rings. The molecule has 0 unspecified atom stereocenters. The van der Waals surface area contributed by atoms with E-state index in [1.165, 1.54) is 12.3 Å². The van der Waals surface area contributed by atoms with Gasteiger partial charge in [-0.05, 0) is 47.1 Å². The van der Waals surface area contributed by atoms with Crippen LogP contribution in [0.15, 0.2) is 44.3 Å². The Morgan fingerprint density at radius 1 is 1.29 bits per heavy atom. The molecule has 0 spiro atoms. The zero-order valence-electron chi connectivity index (χ0n) is 11.2. The highest BCUT2D eigenvalue weighted by atomic mass is 79.9. The quantitative estimate of drug-likeness (QED) is 0.753. The number of halogens is 2. The van der Waals surface area contributed by atoms with E-state index >= 15 is 0 Å². The van der Waals surface area contributed by atoms with Gasteiger partial charge < -0.3 is 9.67 Å². The van der Waals surface area contributed by atoms with Gasteiger partial charge in [0.1, 0.15) is 4.90 Å². The van der Waals surface area contributed by atoms with Crippen LogP contribution in [0.3, 0.4) is 0 Å². The fourth-order valence-corrected chi connectivity index (χ4v) is 4.29. The number of sulfonamides is 1. The van der Waals surface area contributed by atoms with Crippen LogP contribution in [0.25, 0.3) is 0 Å². The van der Waals surface area contributed by atoms with Gasteiger partial charge in [-0.25, -0.2) is 8.42 Å². The molecule has 0 aliphatic carbocycles. The van der Waals surface area contributed by atoms with E-state index in [1.807, 2.05) is 6.92 Å². The summed E-state index contributed by atoms with van der Waals surface area (Å²) in [6, 6.07) is 6.64. The number of hydrogen-bond acceptors (Lipinski definition) is 3. The van der Waals surface area contributed by atoms with Crippen molar-refractivity contribution in [1.29, 1.82) is 0 Å². The molecule has 0 saturated carbocycles. The van der Waals surface area contributed by atoms with E-state index in [-0.39, 0.29) is 11.5 Å². The summed E-state index contributed by atoms with van der Waals surface area (Å²) in [4.78, 5) is 0.128. The monoisotopic (exact) mass is 436 g/mol. The Morgan fingerprint density at radius 3 is 2.52 bits per heavy atom. The Labute approximate surface area is 140 Å². The SMILES string of the molecule is CCn1cc(S(=O)(=O)Nc2ccc(Br)cc2Br)cc1CO. The number of nitrogens with zero attached hydrogens (tertiary/aromatic N) is 1. The predicted molar refractivity (Wildman–Crippen MR) is 88.7 cm³/mol. The molecular weight excluding hydrogens is 424 g/mol. The summed E-state index contributed by atoms with van der Waals surface area (Å²) in [6.45, 7) is 2.27. The average molecular weight is 438 g/mol. The molecule has 2 rings (SSSR count). The molecule has 0 radical (unpaired) electrons. The van der Waals surface area contributed by atoms with Crippen LogP contribution in [0.5, 0.6) is 0 Å². The summed E-state index contributed by atoms with van der Waals surface area (Å²) < 4.78 is 30.5. The average Bonchev–Trinajstić information content (AvgIpc) is 2.86. The highest BCUT2D eigenvalue weighted by Gasteiger charge is 2.19. The zero-order chi connectivity index (χ0) is 15.6. The molecular formula is C13H14Br2N2O3S. The van der Waals surface area contributed by atoms with Gasteiger partial charge in [0.25, 0.3) is 10.0 Å². The van der Waals surface area contributed by atoms with Crippen molar-refractivity contribution in [2.75, 3.05) is 4.72 Å². The number of aryl methyl sites for hydroxylation is 1. The fraction of sp³-hybridized carbons (Fsp3) is 0.231. The van der Waals surface area contributed by atoms with Crippen molar-refractivity contribution in [2.45, 2.75) is 25.0 Å². The standard InChI is InChI=1S/C13H14Br2N2O3S/c1-2-17-7-11(6-10(17)8-18)21(19,20)16-13-4-3-9(14)5-12(13)15/h3-7,16,18H,2,8H2,1H3. The molecule has 1 aromatic heterocycles. The molecule has 0 amide bonds. The summed E-state index contributed by atoms with van der Waals surface area (Å²) in [5.74, 6) is 0. The molecule has 8 heteroatoms. The molecule has 5 nitrogen and oxygen atoms in total. The molecule has 0 aliphatic heterocycles. The summed E-state index contributed by atoms with van der Waals surface area (Å²) in [5.41, 5.74) is 1.01. The number of rotatable bonds is 5. The zero-order valence-corrected chi connectivity index (χ0v) is 15.2. The van der Waals surface area contributed by atoms with E-state index in [0.29, 0.717) is 22.4 Å². The maximum Gasteiger partial charge on any atom is 0.263 e. The van der Waals surface area contributed by atoms with Gasteiger partial charge in [-0.1, -0.05) is 15.9 Å². The van der Waals surface area contributed by atoms with Crippen molar-refractivity contribution in [1.82, 2.24) is 4.57 Å². The van der Waals surface area contributed by atoms with Crippen LogP contribution >= 0.6 is 31.9 Å². The van der Waals surface area contributed by atoms with E-state index < -0.39 is 10.0 Å². The Morgan fingerprint density at radius 2 is 2.00 bits per heavy atom. The maximum atomic E-state index is 12.4. The fourth-order valence-electron chi connectivity index (χ4n) is 1.87. The normalized spacial score (nSPS) is 11.6. The maximum absolute atomic E-state index is 12.4. The van der Waals surface area contributed by atoms with Crippen molar-refractivity contribution < 1.29 is 13.5 Å². The summed E-state index contributed by atoms with van der Waals surface area (Å²) >= 11 is 6.63. The lowest BCUT2D eigenvalue weighted by molar-refractivity contribution is 0.271. The number of nitrogens with one attached hydrogen (secondary N) is 1. The van der Waals surface area contributed by atoms with E-state index in [2.05, 4.69) is 36.6 Å². The molecule has 2 N–H and O–H groups in total. The minimum Gasteiger partial charge on any atom is -0.390 e. The highest BCUT2D eigenvalue weighted by Crippen LogP contribution is 2.28. The van der Waals surface area contributed by atoms with Crippen molar-refractivity contribution >= 4 is 47.6 Å². The first-order chi connectivity index (χ1) is 9.87. The first kappa shape index (κ1) is 16.5. The first-order valence-electron chi connectivity index (χ1n) is 6.15. The number of aromatic nitrogens is 1. The second-order valence-corrected chi connectivity index (χ2v) is 7.79. The molecule has 0 bridgehead atoms. The number of aliphatic hydroxyl groups excluding tert-OH is 1. The van der Waals surface area contributed by atoms with Gasteiger partial charge in [-0.15, -0.1) is 0 Å². The van der Waals surface area contributed by atoms with E-state index in [1.54, 1.807) is 22.8 Å². The molecule has 21 heavy (non-hydrogen) atoms. The van der Waals surface area contributed by atoms with Gasteiger partial charge in [-0.3, -0.25) is 4.72 Å². The molecule has 0 atom stereocenters. The van der Waals surface area contributed by atoms with Crippen molar-refractivity contribution in [3.05, 3.63) is 45.1 Å². The lowest BCUT2D eigenvalue weighted by Gasteiger charge is -2.08. The van der Waals surface area contributed by atoms with E-state index in [0.717, 1.165) is 4.47 Å². The molecule has 0 saturated heterocycles. The Balaban J connectivity index is 2.36. The summed E-state index contributed by atoms with van der Waals surface area (Å²) in [7, 11) is -3.70. The van der Waals surface area contributed by atoms with Crippen LogP contribution in [-0.4, -0.2) is 18.1 Å². The smallest absolute Gasteiger partial charge is 0.263 e. The molecule has 2 aromatic rings. The summed E-state index contributed by atoms with van der Waals surface area (Å²) in [6.07, 6.45) is 1.51. The molecule has 0 fully saturated rings. The van der Waals surface area contributed by atoms with Gasteiger partial charge in [0.2, 0.25) is 0 Å². The van der Waals surface area contributed by atoms with Crippen molar-refractivity contribution in [3.63, 3.8) is 0 Å². The largest absolute Gasteiger partial charge is 0.390 e. The van der Waals surface area contributed by atoms with Gasteiger partial charge in [-0.2, -0.15) is 0 Å². The number of aliphatic hydroxyl groups is 1.